The molecule has 2 aromatic heterocycles. The summed E-state index contributed by atoms with van der Waals surface area (Å²) in [5.74, 6) is -0.888. The lowest BCUT2D eigenvalue weighted by molar-refractivity contribution is 0.0699. The Bertz CT molecular complexity index is 760. The highest BCUT2D eigenvalue weighted by Gasteiger charge is 2.11. The molecule has 1 aromatic carbocycles. The fourth-order valence-electron chi connectivity index (χ4n) is 2.14. The molecule has 0 spiro atoms. The van der Waals surface area contributed by atoms with E-state index in [-0.39, 0.29) is 0 Å². The Labute approximate surface area is 122 Å². The van der Waals surface area contributed by atoms with Crippen molar-refractivity contribution >= 4 is 44.1 Å². The predicted molar refractivity (Wildman–Crippen MR) is 80.0 cm³/mol. The number of thiophene rings is 1. The Balaban J connectivity index is 2.09. The number of rotatable bonds is 3. The first-order valence-electron chi connectivity index (χ1n) is 5.70. The van der Waals surface area contributed by atoms with Crippen molar-refractivity contribution in [1.29, 1.82) is 0 Å². The van der Waals surface area contributed by atoms with Crippen molar-refractivity contribution in [2.24, 2.45) is 0 Å². The predicted octanol–water partition coefficient (Wildman–Crippen LogP) is 4.21. The van der Waals surface area contributed by atoms with Gasteiger partial charge in [0.1, 0.15) is 0 Å². The van der Waals surface area contributed by atoms with Crippen LogP contribution < -0.4 is 0 Å². The molecule has 0 fully saturated rings. The number of hydrogen-bond acceptors (Lipinski definition) is 2. The van der Waals surface area contributed by atoms with Gasteiger partial charge in [-0.2, -0.15) is 0 Å². The van der Waals surface area contributed by atoms with Crippen LogP contribution in [0, 0.1) is 0 Å². The summed E-state index contributed by atoms with van der Waals surface area (Å²) >= 11 is 5.20. The molecule has 96 valence electrons. The SMILES string of the molecule is O=C(O)c1cccc2c1ccn2Cc1sccc1Br. The van der Waals surface area contributed by atoms with Gasteiger partial charge >= 0.3 is 5.97 Å². The van der Waals surface area contributed by atoms with E-state index in [9.17, 15) is 9.90 Å². The number of halogens is 1. The number of aromatic carboxylic acids is 1. The summed E-state index contributed by atoms with van der Waals surface area (Å²) in [6.07, 6.45) is 1.93. The molecule has 0 saturated carbocycles. The van der Waals surface area contributed by atoms with Crippen LogP contribution in [-0.2, 0) is 6.54 Å². The molecular formula is C14H10BrNO2S. The first-order valence-corrected chi connectivity index (χ1v) is 7.37. The van der Waals surface area contributed by atoms with E-state index < -0.39 is 5.97 Å². The quantitative estimate of drug-likeness (QED) is 0.778. The highest BCUT2D eigenvalue weighted by molar-refractivity contribution is 9.10. The zero-order chi connectivity index (χ0) is 13.4. The molecule has 3 rings (SSSR count). The van der Waals surface area contributed by atoms with Gasteiger partial charge in [-0.25, -0.2) is 4.79 Å². The maximum absolute atomic E-state index is 11.2. The topological polar surface area (TPSA) is 42.2 Å². The van der Waals surface area contributed by atoms with Crippen LogP contribution in [0.3, 0.4) is 0 Å². The number of nitrogens with zero attached hydrogens (tertiary/aromatic N) is 1. The third kappa shape index (κ3) is 2.19. The van der Waals surface area contributed by atoms with Gasteiger partial charge in [-0.15, -0.1) is 11.3 Å². The molecule has 2 heterocycles. The molecule has 5 heteroatoms. The molecule has 0 atom stereocenters. The summed E-state index contributed by atoms with van der Waals surface area (Å²) in [7, 11) is 0. The Kier molecular flexibility index (Phi) is 3.16. The molecular weight excluding hydrogens is 326 g/mol. The molecule has 3 nitrogen and oxygen atoms in total. The highest BCUT2D eigenvalue weighted by atomic mass is 79.9. The number of benzene rings is 1. The van der Waals surface area contributed by atoms with Crippen LogP contribution in [0.15, 0.2) is 46.4 Å². The fourth-order valence-corrected chi connectivity index (χ4v) is 3.62. The minimum Gasteiger partial charge on any atom is -0.478 e. The van der Waals surface area contributed by atoms with Gasteiger partial charge in [-0.05, 0) is 45.6 Å². The number of aromatic nitrogens is 1. The van der Waals surface area contributed by atoms with Crippen molar-refractivity contribution < 1.29 is 9.90 Å². The average molecular weight is 336 g/mol. The van der Waals surface area contributed by atoms with Crippen molar-refractivity contribution in [3.05, 3.63) is 56.8 Å². The Morgan fingerprint density at radius 1 is 1.32 bits per heavy atom. The fraction of sp³-hybridized carbons (Fsp3) is 0.0714. The molecule has 0 unspecified atom stereocenters. The molecule has 0 amide bonds. The second kappa shape index (κ2) is 4.83. The Hall–Kier alpha value is -1.59. The zero-order valence-corrected chi connectivity index (χ0v) is 12.2. The van der Waals surface area contributed by atoms with Gasteiger partial charge in [-0.3, -0.25) is 0 Å². The number of hydrogen-bond donors (Lipinski definition) is 1. The minimum absolute atomic E-state index is 0.349. The van der Waals surface area contributed by atoms with Crippen molar-refractivity contribution in [3.63, 3.8) is 0 Å². The summed E-state index contributed by atoms with van der Waals surface area (Å²) in [6.45, 7) is 0.741. The zero-order valence-electron chi connectivity index (χ0n) is 9.84. The summed E-state index contributed by atoms with van der Waals surface area (Å²) in [5.41, 5.74) is 1.29. The standard InChI is InChI=1S/C14H10BrNO2S/c15-11-5-7-19-13(11)8-16-6-4-9-10(14(17)18)2-1-3-12(9)16/h1-7H,8H2,(H,17,18). The highest BCUT2D eigenvalue weighted by Crippen LogP contribution is 2.26. The molecule has 0 radical (unpaired) electrons. The molecule has 0 bridgehead atoms. The van der Waals surface area contributed by atoms with E-state index in [1.165, 1.54) is 4.88 Å². The molecule has 0 saturated heterocycles. The van der Waals surface area contributed by atoms with Crippen molar-refractivity contribution in [1.82, 2.24) is 4.57 Å². The van der Waals surface area contributed by atoms with E-state index in [0.717, 1.165) is 21.9 Å². The van der Waals surface area contributed by atoms with Gasteiger partial charge in [0.25, 0.3) is 0 Å². The van der Waals surface area contributed by atoms with Crippen molar-refractivity contribution in [2.45, 2.75) is 6.54 Å². The normalized spacial score (nSPS) is 11.0. The summed E-state index contributed by atoms with van der Waals surface area (Å²) < 4.78 is 3.16. The summed E-state index contributed by atoms with van der Waals surface area (Å²) in [4.78, 5) is 12.4. The van der Waals surface area contributed by atoms with E-state index in [1.807, 2.05) is 29.8 Å². The third-order valence-electron chi connectivity index (χ3n) is 3.05. The average Bonchev–Trinajstić information content (AvgIpc) is 2.97. The van der Waals surface area contributed by atoms with Crippen LogP contribution >= 0.6 is 27.3 Å². The molecule has 1 N–H and O–H groups in total. The summed E-state index contributed by atoms with van der Waals surface area (Å²) in [6, 6.07) is 9.25. The lowest BCUT2D eigenvalue weighted by Gasteiger charge is -2.05. The molecule has 19 heavy (non-hydrogen) atoms. The monoisotopic (exact) mass is 335 g/mol. The van der Waals surface area contributed by atoms with E-state index in [1.54, 1.807) is 23.5 Å². The number of fused-ring (bicyclic) bond motifs is 1. The number of carbonyl (C=O) groups is 1. The Morgan fingerprint density at radius 3 is 2.84 bits per heavy atom. The van der Waals surface area contributed by atoms with Gasteiger partial charge in [0.15, 0.2) is 0 Å². The van der Waals surface area contributed by atoms with Crippen LogP contribution in [0.2, 0.25) is 0 Å². The Morgan fingerprint density at radius 2 is 2.16 bits per heavy atom. The smallest absolute Gasteiger partial charge is 0.336 e. The van der Waals surface area contributed by atoms with Gasteiger partial charge in [0.2, 0.25) is 0 Å². The summed E-state index contributed by atoms with van der Waals surface area (Å²) in [5, 5.41) is 12.0. The van der Waals surface area contributed by atoms with Crippen LogP contribution in [-0.4, -0.2) is 15.6 Å². The van der Waals surface area contributed by atoms with E-state index in [4.69, 9.17) is 0 Å². The second-order valence-corrected chi connectivity index (χ2v) is 6.03. The number of carboxylic acids is 1. The van der Waals surface area contributed by atoms with Crippen LogP contribution in [0.5, 0.6) is 0 Å². The maximum atomic E-state index is 11.2. The molecule has 0 aliphatic carbocycles. The van der Waals surface area contributed by atoms with Gasteiger partial charge < -0.3 is 9.67 Å². The van der Waals surface area contributed by atoms with Crippen LogP contribution in [0.25, 0.3) is 10.9 Å². The lowest BCUT2D eigenvalue weighted by atomic mass is 10.1. The largest absolute Gasteiger partial charge is 0.478 e. The lowest BCUT2D eigenvalue weighted by Crippen LogP contribution is -1.99. The second-order valence-electron chi connectivity index (χ2n) is 4.18. The van der Waals surface area contributed by atoms with E-state index in [0.29, 0.717) is 5.56 Å². The molecule has 0 aliphatic heterocycles. The molecule has 3 aromatic rings. The van der Waals surface area contributed by atoms with Crippen LogP contribution in [0.1, 0.15) is 15.2 Å². The van der Waals surface area contributed by atoms with Crippen LogP contribution in [0.4, 0.5) is 0 Å². The first-order chi connectivity index (χ1) is 9.16. The van der Waals surface area contributed by atoms with Gasteiger partial charge in [-0.1, -0.05) is 6.07 Å². The minimum atomic E-state index is -0.888. The number of carboxylic acid groups (broad SMARTS) is 1. The molecule has 0 aliphatic rings. The van der Waals surface area contributed by atoms with Gasteiger partial charge in [0.05, 0.1) is 12.1 Å². The van der Waals surface area contributed by atoms with Crippen molar-refractivity contribution in [3.8, 4) is 0 Å². The van der Waals surface area contributed by atoms with Crippen molar-refractivity contribution in [2.75, 3.05) is 0 Å². The first kappa shape index (κ1) is 12.4. The maximum Gasteiger partial charge on any atom is 0.336 e. The van der Waals surface area contributed by atoms with E-state index in [2.05, 4.69) is 20.5 Å². The van der Waals surface area contributed by atoms with Gasteiger partial charge in [0, 0.05) is 26.4 Å². The third-order valence-corrected chi connectivity index (χ3v) is 4.96. The van der Waals surface area contributed by atoms with E-state index >= 15 is 0 Å².